The van der Waals surface area contributed by atoms with Gasteiger partial charge in [-0.3, -0.25) is 14.4 Å². The Labute approximate surface area is 181 Å². The Balaban J connectivity index is 1.64. The third-order valence-corrected chi connectivity index (χ3v) is 6.64. The van der Waals surface area contributed by atoms with Crippen LogP contribution in [-0.4, -0.2) is 59.4 Å². The Morgan fingerprint density at radius 3 is 2.35 bits per heavy atom. The number of carbonyl (C=O) groups is 5. The van der Waals surface area contributed by atoms with E-state index in [9.17, 15) is 24.0 Å². The van der Waals surface area contributed by atoms with E-state index in [-0.39, 0.29) is 24.2 Å². The van der Waals surface area contributed by atoms with Gasteiger partial charge in [0.1, 0.15) is 17.9 Å². The second-order valence-corrected chi connectivity index (χ2v) is 9.04. The molecule has 1 saturated heterocycles. The number of hydrogen-bond donors (Lipinski definition) is 5. The lowest BCUT2D eigenvalue weighted by Crippen LogP contribution is -2.56. The summed E-state index contributed by atoms with van der Waals surface area (Å²) in [6, 6.07) is -1.68. The molecule has 10 heteroatoms. The second kappa shape index (κ2) is 10.1. The van der Waals surface area contributed by atoms with Gasteiger partial charge in [-0.25, -0.2) is 4.79 Å². The van der Waals surface area contributed by atoms with Crippen molar-refractivity contribution in [3.05, 3.63) is 0 Å². The van der Waals surface area contributed by atoms with Crippen LogP contribution in [0.15, 0.2) is 0 Å². The molecular weight excluding hydrogens is 404 g/mol. The summed E-state index contributed by atoms with van der Waals surface area (Å²) >= 11 is 0. The monoisotopic (exact) mass is 436 g/mol. The lowest BCUT2D eigenvalue weighted by atomic mass is 9.84. The van der Waals surface area contributed by atoms with Gasteiger partial charge in [-0.15, -0.1) is 0 Å². The molecule has 31 heavy (non-hydrogen) atoms. The van der Waals surface area contributed by atoms with Gasteiger partial charge in [0.05, 0.1) is 6.04 Å². The van der Waals surface area contributed by atoms with Crippen molar-refractivity contribution < 1.29 is 29.1 Å². The molecule has 0 aromatic carbocycles. The van der Waals surface area contributed by atoms with Gasteiger partial charge in [-0.1, -0.05) is 32.1 Å². The van der Waals surface area contributed by atoms with E-state index in [1.807, 2.05) is 0 Å². The zero-order valence-corrected chi connectivity index (χ0v) is 17.7. The number of nitrogens with one attached hydrogen (secondary N) is 4. The molecule has 2 aliphatic carbocycles. The van der Waals surface area contributed by atoms with Crippen LogP contribution >= 0.6 is 0 Å². The van der Waals surface area contributed by atoms with Crippen molar-refractivity contribution in [3.8, 4) is 0 Å². The lowest BCUT2D eigenvalue weighted by molar-refractivity contribution is -0.132. The predicted octanol–water partition coefficient (Wildman–Crippen LogP) is 0.452. The van der Waals surface area contributed by atoms with Crippen LogP contribution in [0.3, 0.4) is 0 Å². The number of carboxylic acid groups (broad SMARTS) is 1. The molecule has 2 saturated carbocycles. The Morgan fingerprint density at radius 2 is 1.81 bits per heavy atom. The summed E-state index contributed by atoms with van der Waals surface area (Å²) in [5.41, 5.74) is -1.18. The number of amides is 4. The maximum absolute atomic E-state index is 13.0. The molecule has 172 valence electrons. The zero-order valence-electron chi connectivity index (χ0n) is 17.7. The molecule has 0 spiro atoms. The van der Waals surface area contributed by atoms with E-state index in [2.05, 4.69) is 21.3 Å². The quantitative estimate of drug-likeness (QED) is 0.313. The van der Waals surface area contributed by atoms with Crippen molar-refractivity contribution in [1.29, 1.82) is 0 Å². The van der Waals surface area contributed by atoms with Crippen LogP contribution in [0.25, 0.3) is 0 Å². The molecule has 10 nitrogen and oxygen atoms in total. The third-order valence-electron chi connectivity index (χ3n) is 6.64. The maximum Gasteiger partial charge on any atom is 0.405 e. The molecule has 0 bridgehead atoms. The topological polar surface area (TPSA) is 154 Å². The van der Waals surface area contributed by atoms with Crippen molar-refractivity contribution in [1.82, 2.24) is 21.3 Å². The van der Waals surface area contributed by atoms with E-state index in [0.717, 1.165) is 32.1 Å². The van der Waals surface area contributed by atoms with Gasteiger partial charge < -0.3 is 31.2 Å². The number of rotatable bonds is 10. The highest BCUT2D eigenvalue weighted by Crippen LogP contribution is 2.36. The Bertz CT molecular complexity index is 717. The third kappa shape index (κ3) is 6.18. The van der Waals surface area contributed by atoms with Crippen LogP contribution < -0.4 is 21.3 Å². The largest absolute Gasteiger partial charge is 0.465 e. The second-order valence-electron chi connectivity index (χ2n) is 9.04. The lowest BCUT2D eigenvalue weighted by Gasteiger charge is -2.29. The normalized spacial score (nSPS) is 24.4. The highest BCUT2D eigenvalue weighted by Gasteiger charge is 2.52. The predicted molar refractivity (Wildman–Crippen MR) is 110 cm³/mol. The van der Waals surface area contributed by atoms with Crippen molar-refractivity contribution in [3.63, 3.8) is 0 Å². The smallest absolute Gasteiger partial charge is 0.405 e. The zero-order chi connectivity index (χ0) is 22.4. The van der Waals surface area contributed by atoms with E-state index in [0.29, 0.717) is 38.5 Å². The van der Waals surface area contributed by atoms with Crippen molar-refractivity contribution in [2.24, 2.45) is 11.8 Å². The molecule has 3 aliphatic rings. The molecule has 2 unspecified atom stereocenters. The summed E-state index contributed by atoms with van der Waals surface area (Å²) in [5.74, 6) is -1.15. The summed E-state index contributed by atoms with van der Waals surface area (Å²) in [5, 5.41) is 19.4. The Morgan fingerprint density at radius 1 is 1.10 bits per heavy atom. The molecule has 1 heterocycles. The van der Waals surface area contributed by atoms with Gasteiger partial charge in [-0.05, 0) is 38.0 Å². The first kappa shape index (κ1) is 23.0. The van der Waals surface area contributed by atoms with E-state index < -0.39 is 35.5 Å². The summed E-state index contributed by atoms with van der Waals surface area (Å²) in [6.07, 6.45) is 6.63. The maximum atomic E-state index is 13.0. The van der Waals surface area contributed by atoms with Crippen molar-refractivity contribution >= 4 is 30.1 Å². The van der Waals surface area contributed by atoms with Gasteiger partial charge in [0.15, 0.2) is 0 Å². The number of carbonyl (C=O) groups excluding carboxylic acids is 4. The molecule has 3 atom stereocenters. The molecule has 3 rings (SSSR count). The van der Waals surface area contributed by atoms with E-state index in [4.69, 9.17) is 5.11 Å². The van der Waals surface area contributed by atoms with Crippen LogP contribution in [0.5, 0.6) is 0 Å². The van der Waals surface area contributed by atoms with Gasteiger partial charge >= 0.3 is 6.09 Å². The van der Waals surface area contributed by atoms with Crippen LogP contribution in [0, 0.1) is 11.8 Å². The molecule has 0 radical (unpaired) electrons. The molecule has 5 N–H and O–H groups in total. The highest BCUT2D eigenvalue weighted by atomic mass is 16.4. The van der Waals surface area contributed by atoms with E-state index in [1.165, 1.54) is 0 Å². The van der Waals surface area contributed by atoms with Crippen LogP contribution in [-0.2, 0) is 19.2 Å². The first-order valence-electron chi connectivity index (χ1n) is 11.2. The van der Waals surface area contributed by atoms with Crippen LogP contribution in [0.1, 0.15) is 64.2 Å². The molecule has 0 aromatic rings. The van der Waals surface area contributed by atoms with Gasteiger partial charge in [0.25, 0.3) is 0 Å². The molecule has 4 amide bonds. The highest BCUT2D eigenvalue weighted by molar-refractivity contribution is 5.96. The summed E-state index contributed by atoms with van der Waals surface area (Å²) in [7, 11) is 0. The first-order valence-corrected chi connectivity index (χ1v) is 11.2. The fourth-order valence-corrected chi connectivity index (χ4v) is 4.63. The van der Waals surface area contributed by atoms with Crippen molar-refractivity contribution in [2.45, 2.75) is 81.8 Å². The van der Waals surface area contributed by atoms with E-state index in [1.54, 1.807) is 0 Å². The van der Waals surface area contributed by atoms with Gasteiger partial charge in [0.2, 0.25) is 17.7 Å². The van der Waals surface area contributed by atoms with Gasteiger partial charge in [0, 0.05) is 12.5 Å². The van der Waals surface area contributed by atoms with Gasteiger partial charge in [-0.2, -0.15) is 0 Å². The van der Waals surface area contributed by atoms with Crippen molar-refractivity contribution in [2.75, 3.05) is 6.54 Å². The molecule has 3 fully saturated rings. The summed E-state index contributed by atoms with van der Waals surface area (Å²) in [4.78, 5) is 60.2. The molecule has 1 aliphatic heterocycles. The minimum Gasteiger partial charge on any atom is -0.465 e. The summed E-state index contributed by atoms with van der Waals surface area (Å²) in [6.45, 7) is 0.558. The average molecular weight is 437 g/mol. The fraction of sp³-hybridized carbons (Fsp3) is 0.762. The van der Waals surface area contributed by atoms with E-state index >= 15 is 0 Å². The molecular formula is C21H32N4O6. The summed E-state index contributed by atoms with van der Waals surface area (Å²) < 4.78 is 0. The van der Waals surface area contributed by atoms with Crippen LogP contribution in [0.4, 0.5) is 4.79 Å². The SMILES string of the molecule is O=CC(C[C@@H]1CCNC1=O)NC(=O)C(CC1CCCCC1)NC(=O)C1(NC(=O)O)CC1. The first-order chi connectivity index (χ1) is 14.8. The Kier molecular flexibility index (Phi) is 7.50. The molecule has 0 aromatic heterocycles. The fourth-order valence-electron chi connectivity index (χ4n) is 4.63. The standard InChI is InChI=1S/C21H32N4O6/c26-12-15(11-14-6-9-22-17(14)27)23-18(28)16(10-13-4-2-1-3-5-13)24-19(29)21(7-8-21)25-20(30)31/h12-16,25H,1-11H2,(H,22,27)(H,23,28)(H,24,29)(H,30,31)/t14-,15?,16?/m0/s1. The number of hydrogen-bond acceptors (Lipinski definition) is 5. The Hall–Kier alpha value is -2.65. The number of aldehydes is 1. The minimum atomic E-state index is -1.28. The van der Waals surface area contributed by atoms with Crippen LogP contribution in [0.2, 0.25) is 0 Å². The minimum absolute atomic E-state index is 0.122. The average Bonchev–Trinajstić information content (AvgIpc) is 3.41.